The molecule has 1 aromatic rings. The first kappa shape index (κ1) is 15.9. The van der Waals surface area contributed by atoms with Gasteiger partial charge in [0.05, 0.1) is 25.2 Å². The maximum atomic E-state index is 12.5. The van der Waals surface area contributed by atoms with Crippen LogP contribution in [0.4, 0.5) is 0 Å². The highest BCUT2D eigenvalue weighted by atomic mass is 16.5. The summed E-state index contributed by atoms with van der Waals surface area (Å²) in [6.45, 7) is 4.21. The molecule has 6 heteroatoms. The second-order valence-corrected chi connectivity index (χ2v) is 6.19. The predicted molar refractivity (Wildman–Crippen MR) is 84.7 cm³/mol. The Bertz CT molecular complexity index is 563. The first-order chi connectivity index (χ1) is 11.1. The van der Waals surface area contributed by atoms with Crippen molar-refractivity contribution >= 4 is 11.8 Å². The van der Waals surface area contributed by atoms with E-state index in [1.807, 2.05) is 21.9 Å². The van der Waals surface area contributed by atoms with Gasteiger partial charge >= 0.3 is 0 Å². The summed E-state index contributed by atoms with van der Waals surface area (Å²) in [5.41, 5.74) is 0.931. The molecule has 6 nitrogen and oxygen atoms in total. The van der Waals surface area contributed by atoms with Crippen LogP contribution in [0.15, 0.2) is 24.5 Å². The van der Waals surface area contributed by atoms with Crippen LogP contribution in [0.1, 0.15) is 25.3 Å². The Kier molecular flexibility index (Phi) is 4.91. The number of ether oxygens (including phenoxy) is 1. The molecule has 3 heterocycles. The minimum atomic E-state index is 0.0452. The van der Waals surface area contributed by atoms with E-state index in [-0.39, 0.29) is 24.0 Å². The number of rotatable bonds is 2. The molecule has 2 atom stereocenters. The van der Waals surface area contributed by atoms with Crippen molar-refractivity contribution in [3.8, 4) is 0 Å². The van der Waals surface area contributed by atoms with Gasteiger partial charge < -0.3 is 14.5 Å². The van der Waals surface area contributed by atoms with Crippen LogP contribution >= 0.6 is 0 Å². The van der Waals surface area contributed by atoms with Crippen molar-refractivity contribution in [2.24, 2.45) is 0 Å². The first-order valence-electron chi connectivity index (χ1n) is 8.20. The van der Waals surface area contributed by atoms with E-state index in [1.54, 1.807) is 19.3 Å². The lowest BCUT2D eigenvalue weighted by Crippen LogP contribution is -2.52. The fourth-order valence-corrected chi connectivity index (χ4v) is 3.51. The average molecular weight is 317 g/mol. The Hall–Kier alpha value is -1.95. The fraction of sp³-hybridized carbons (Fsp3) is 0.588. The van der Waals surface area contributed by atoms with Gasteiger partial charge in [0.25, 0.3) is 0 Å². The molecule has 0 aliphatic carbocycles. The summed E-state index contributed by atoms with van der Waals surface area (Å²) in [5, 5.41) is 0. The van der Waals surface area contributed by atoms with Crippen LogP contribution in [0, 0.1) is 0 Å². The second kappa shape index (κ2) is 7.08. The molecular formula is C17H23N3O3. The zero-order valence-electron chi connectivity index (χ0n) is 13.5. The topological polar surface area (TPSA) is 62.7 Å². The van der Waals surface area contributed by atoms with Crippen LogP contribution in [-0.2, 0) is 20.7 Å². The van der Waals surface area contributed by atoms with E-state index in [0.717, 1.165) is 18.4 Å². The molecule has 0 bridgehead atoms. The summed E-state index contributed by atoms with van der Waals surface area (Å²) in [4.78, 5) is 32.2. The van der Waals surface area contributed by atoms with Crippen molar-refractivity contribution in [2.45, 2.75) is 38.3 Å². The van der Waals surface area contributed by atoms with Gasteiger partial charge in [0.15, 0.2) is 0 Å². The molecule has 2 amide bonds. The molecule has 2 aliphatic heterocycles. The summed E-state index contributed by atoms with van der Waals surface area (Å²) in [5.74, 6) is 0.212. The predicted octanol–water partition coefficient (Wildman–Crippen LogP) is 0.862. The number of hydrogen-bond donors (Lipinski definition) is 0. The Morgan fingerprint density at radius 3 is 2.87 bits per heavy atom. The number of nitrogens with zero attached hydrogens (tertiary/aromatic N) is 3. The van der Waals surface area contributed by atoms with Gasteiger partial charge in [-0.25, -0.2) is 0 Å². The fourth-order valence-electron chi connectivity index (χ4n) is 3.51. The summed E-state index contributed by atoms with van der Waals surface area (Å²) >= 11 is 0. The van der Waals surface area contributed by atoms with Gasteiger partial charge in [0.2, 0.25) is 11.8 Å². The zero-order valence-corrected chi connectivity index (χ0v) is 13.5. The molecule has 0 spiro atoms. The molecule has 0 saturated carbocycles. The van der Waals surface area contributed by atoms with Crippen LogP contribution in [0.5, 0.6) is 0 Å². The number of pyridine rings is 1. The molecule has 1 aromatic heterocycles. The van der Waals surface area contributed by atoms with Gasteiger partial charge in [0, 0.05) is 39.0 Å². The van der Waals surface area contributed by atoms with E-state index in [0.29, 0.717) is 32.7 Å². The summed E-state index contributed by atoms with van der Waals surface area (Å²) in [7, 11) is 0. The van der Waals surface area contributed by atoms with Crippen molar-refractivity contribution < 1.29 is 14.3 Å². The second-order valence-electron chi connectivity index (χ2n) is 6.19. The lowest BCUT2D eigenvalue weighted by molar-refractivity contribution is -0.144. The lowest BCUT2D eigenvalue weighted by Gasteiger charge is -2.39. The van der Waals surface area contributed by atoms with Gasteiger partial charge in [-0.15, -0.1) is 0 Å². The normalized spacial score (nSPS) is 24.7. The molecule has 124 valence electrons. The number of likely N-dealkylation sites (tertiary alicyclic amines) is 1. The quantitative estimate of drug-likeness (QED) is 0.812. The molecule has 0 aromatic carbocycles. The lowest BCUT2D eigenvalue weighted by atomic mass is 10.0. The third kappa shape index (κ3) is 3.69. The number of fused-ring (bicyclic) bond motifs is 1. The number of aromatic nitrogens is 1. The van der Waals surface area contributed by atoms with Crippen LogP contribution in [0.25, 0.3) is 0 Å². The Balaban J connectivity index is 1.63. The Morgan fingerprint density at radius 2 is 2.13 bits per heavy atom. The van der Waals surface area contributed by atoms with Crippen LogP contribution in [-0.4, -0.2) is 65.0 Å². The van der Waals surface area contributed by atoms with Crippen LogP contribution in [0.3, 0.4) is 0 Å². The summed E-state index contributed by atoms with van der Waals surface area (Å²) in [6, 6.07) is 3.86. The van der Waals surface area contributed by atoms with Gasteiger partial charge in [-0.2, -0.15) is 0 Å². The van der Waals surface area contributed by atoms with Gasteiger partial charge in [-0.3, -0.25) is 14.6 Å². The van der Waals surface area contributed by atoms with E-state index < -0.39 is 0 Å². The van der Waals surface area contributed by atoms with Crippen molar-refractivity contribution in [3.05, 3.63) is 30.1 Å². The minimum absolute atomic E-state index is 0.0452. The van der Waals surface area contributed by atoms with Crippen molar-refractivity contribution in [3.63, 3.8) is 0 Å². The highest BCUT2D eigenvalue weighted by molar-refractivity contribution is 5.78. The highest BCUT2D eigenvalue weighted by Crippen LogP contribution is 2.24. The molecule has 2 fully saturated rings. The van der Waals surface area contributed by atoms with Gasteiger partial charge in [-0.1, -0.05) is 6.07 Å². The SMILES string of the molecule is CC(=O)N1CCO[C@H]2CCN(C(=O)Cc3cccnc3)CC[C@H]21. The number of carbonyl (C=O) groups excluding carboxylic acids is 2. The number of morpholine rings is 1. The van der Waals surface area contributed by atoms with E-state index >= 15 is 0 Å². The van der Waals surface area contributed by atoms with E-state index in [2.05, 4.69) is 4.98 Å². The molecule has 0 N–H and O–H groups in total. The average Bonchev–Trinajstić information content (AvgIpc) is 2.78. The van der Waals surface area contributed by atoms with Crippen molar-refractivity contribution in [2.75, 3.05) is 26.2 Å². The number of carbonyl (C=O) groups is 2. The minimum Gasteiger partial charge on any atom is -0.374 e. The molecule has 23 heavy (non-hydrogen) atoms. The number of hydrogen-bond acceptors (Lipinski definition) is 4. The van der Waals surface area contributed by atoms with Crippen molar-refractivity contribution in [1.82, 2.24) is 14.8 Å². The maximum absolute atomic E-state index is 12.5. The van der Waals surface area contributed by atoms with Crippen LogP contribution < -0.4 is 0 Å². The largest absolute Gasteiger partial charge is 0.374 e. The Labute approximate surface area is 136 Å². The van der Waals surface area contributed by atoms with Gasteiger partial charge in [-0.05, 0) is 24.5 Å². The molecule has 0 unspecified atom stereocenters. The van der Waals surface area contributed by atoms with E-state index in [1.165, 1.54) is 0 Å². The zero-order chi connectivity index (χ0) is 16.2. The number of amides is 2. The van der Waals surface area contributed by atoms with Gasteiger partial charge in [0.1, 0.15) is 0 Å². The third-order valence-electron chi connectivity index (χ3n) is 4.71. The Morgan fingerprint density at radius 1 is 1.30 bits per heavy atom. The monoisotopic (exact) mass is 317 g/mol. The summed E-state index contributed by atoms with van der Waals surface area (Å²) < 4.78 is 5.85. The molecule has 2 saturated heterocycles. The summed E-state index contributed by atoms with van der Waals surface area (Å²) in [6.07, 6.45) is 5.43. The maximum Gasteiger partial charge on any atom is 0.227 e. The van der Waals surface area contributed by atoms with Crippen LogP contribution in [0.2, 0.25) is 0 Å². The molecular weight excluding hydrogens is 294 g/mol. The molecule has 2 aliphatic rings. The standard InChI is InChI=1S/C17H23N3O3/c1-13(21)20-9-10-23-16-5-8-19(7-4-15(16)20)17(22)11-14-3-2-6-18-12-14/h2-3,6,12,15-16H,4-5,7-11H2,1H3/t15-,16+/m1/s1. The first-order valence-corrected chi connectivity index (χ1v) is 8.20. The van der Waals surface area contributed by atoms with E-state index in [4.69, 9.17) is 4.74 Å². The third-order valence-corrected chi connectivity index (χ3v) is 4.71. The smallest absolute Gasteiger partial charge is 0.227 e. The van der Waals surface area contributed by atoms with E-state index in [9.17, 15) is 9.59 Å². The van der Waals surface area contributed by atoms with Crippen molar-refractivity contribution in [1.29, 1.82) is 0 Å². The molecule has 3 rings (SSSR count). The molecule has 0 radical (unpaired) electrons. The highest BCUT2D eigenvalue weighted by Gasteiger charge is 2.36.